The Kier molecular flexibility index (Phi) is 5.27. The van der Waals surface area contributed by atoms with Crippen LogP contribution < -0.4 is 5.56 Å². The van der Waals surface area contributed by atoms with Gasteiger partial charge in [0.15, 0.2) is 0 Å². The number of H-pyrrole nitrogens is 1. The summed E-state index contributed by atoms with van der Waals surface area (Å²) in [5, 5.41) is 11.0. The maximum atomic E-state index is 13.2. The molecule has 4 nitrogen and oxygen atoms in total. The molecule has 2 aromatic carbocycles. The standard InChI is InChI=1S/C25H27NO3/c1-3-6-19(25(28)29)23-21(17-11-9-15(2)10-12-17)22-18-8-5-4-7-16(18)13-14-20(22)26-24(23)27/h9-14,19H,3-8H2,1-2H3,(H,26,27)(H,28,29). The van der Waals surface area contributed by atoms with E-state index in [0.29, 0.717) is 18.4 Å². The number of benzene rings is 2. The van der Waals surface area contributed by atoms with Crippen molar-refractivity contribution in [3.63, 3.8) is 0 Å². The summed E-state index contributed by atoms with van der Waals surface area (Å²) in [5.74, 6) is -1.75. The minimum Gasteiger partial charge on any atom is -0.481 e. The molecule has 1 atom stereocenters. The Morgan fingerprint density at radius 1 is 1.10 bits per heavy atom. The van der Waals surface area contributed by atoms with Gasteiger partial charge < -0.3 is 10.1 Å². The second-order valence-electron chi connectivity index (χ2n) is 8.12. The lowest BCUT2D eigenvalue weighted by Crippen LogP contribution is -2.24. The molecule has 0 spiro atoms. The van der Waals surface area contributed by atoms with Gasteiger partial charge in [-0.25, -0.2) is 0 Å². The van der Waals surface area contributed by atoms with Crippen molar-refractivity contribution >= 4 is 16.9 Å². The molecule has 4 rings (SSSR count). The fourth-order valence-corrected chi connectivity index (χ4v) is 4.69. The summed E-state index contributed by atoms with van der Waals surface area (Å²) in [4.78, 5) is 28.3. The monoisotopic (exact) mass is 389 g/mol. The average Bonchev–Trinajstić information content (AvgIpc) is 2.72. The van der Waals surface area contributed by atoms with Gasteiger partial charge in [0.05, 0.1) is 5.92 Å². The molecule has 0 bridgehead atoms. The molecule has 1 aromatic heterocycles. The van der Waals surface area contributed by atoms with Gasteiger partial charge in [0.1, 0.15) is 0 Å². The fraction of sp³-hybridized carbons (Fsp3) is 0.360. The molecular formula is C25H27NO3. The number of aryl methyl sites for hydroxylation is 3. The Hall–Kier alpha value is -2.88. The molecule has 2 N–H and O–H groups in total. The molecule has 3 aromatic rings. The minimum atomic E-state index is -0.935. The van der Waals surface area contributed by atoms with E-state index in [1.165, 1.54) is 17.5 Å². The summed E-state index contributed by atoms with van der Waals surface area (Å²) in [7, 11) is 0. The average molecular weight is 389 g/mol. The predicted octanol–water partition coefficient (Wildman–Crippen LogP) is 5.35. The van der Waals surface area contributed by atoms with Crippen LogP contribution in [0.15, 0.2) is 41.2 Å². The number of aromatic amines is 1. The van der Waals surface area contributed by atoms with Crippen LogP contribution in [0.25, 0.3) is 22.0 Å². The van der Waals surface area contributed by atoms with Gasteiger partial charge in [0.25, 0.3) is 5.56 Å². The van der Waals surface area contributed by atoms with E-state index in [-0.39, 0.29) is 5.56 Å². The van der Waals surface area contributed by atoms with Crippen molar-refractivity contribution in [1.29, 1.82) is 0 Å². The number of pyridine rings is 1. The molecule has 0 radical (unpaired) electrons. The van der Waals surface area contributed by atoms with Crippen molar-refractivity contribution in [3.05, 3.63) is 69.0 Å². The lowest BCUT2D eigenvalue weighted by atomic mass is 9.81. The normalized spacial score (nSPS) is 14.6. The van der Waals surface area contributed by atoms with E-state index < -0.39 is 11.9 Å². The van der Waals surface area contributed by atoms with Crippen molar-refractivity contribution < 1.29 is 9.90 Å². The van der Waals surface area contributed by atoms with E-state index in [4.69, 9.17) is 0 Å². The zero-order chi connectivity index (χ0) is 20.5. The van der Waals surface area contributed by atoms with E-state index in [9.17, 15) is 14.7 Å². The largest absolute Gasteiger partial charge is 0.481 e. The number of fused-ring (bicyclic) bond motifs is 3. The molecule has 0 saturated carbocycles. The summed E-state index contributed by atoms with van der Waals surface area (Å²) < 4.78 is 0. The summed E-state index contributed by atoms with van der Waals surface area (Å²) in [6.45, 7) is 3.98. The predicted molar refractivity (Wildman–Crippen MR) is 117 cm³/mol. The quantitative estimate of drug-likeness (QED) is 0.618. The van der Waals surface area contributed by atoms with Gasteiger partial charge in [0, 0.05) is 22.0 Å². The molecule has 1 unspecified atom stereocenters. The topological polar surface area (TPSA) is 70.2 Å². The molecule has 0 aliphatic heterocycles. The molecule has 150 valence electrons. The second kappa shape index (κ2) is 7.86. The zero-order valence-corrected chi connectivity index (χ0v) is 17.0. The van der Waals surface area contributed by atoms with Crippen molar-refractivity contribution in [2.24, 2.45) is 0 Å². The van der Waals surface area contributed by atoms with E-state index in [0.717, 1.165) is 46.9 Å². The summed E-state index contributed by atoms with van der Waals surface area (Å²) in [5.41, 5.74) is 6.36. The van der Waals surface area contributed by atoms with Crippen molar-refractivity contribution in [2.75, 3.05) is 0 Å². The smallest absolute Gasteiger partial charge is 0.311 e. The lowest BCUT2D eigenvalue weighted by Gasteiger charge is -2.23. The molecule has 29 heavy (non-hydrogen) atoms. The third-order valence-electron chi connectivity index (χ3n) is 6.11. The van der Waals surface area contributed by atoms with Crippen molar-refractivity contribution in [1.82, 2.24) is 4.98 Å². The van der Waals surface area contributed by atoms with Crippen LogP contribution in [0.4, 0.5) is 0 Å². The first kappa shape index (κ1) is 19.4. The van der Waals surface area contributed by atoms with Crippen LogP contribution in [0.3, 0.4) is 0 Å². The van der Waals surface area contributed by atoms with E-state index in [2.05, 4.69) is 11.1 Å². The lowest BCUT2D eigenvalue weighted by molar-refractivity contribution is -0.139. The van der Waals surface area contributed by atoms with Gasteiger partial charge in [-0.05, 0) is 61.8 Å². The Morgan fingerprint density at radius 3 is 2.52 bits per heavy atom. The van der Waals surface area contributed by atoms with Gasteiger partial charge >= 0.3 is 5.97 Å². The van der Waals surface area contributed by atoms with Crippen LogP contribution in [-0.4, -0.2) is 16.1 Å². The Labute approximate surface area is 170 Å². The Bertz CT molecular complexity index is 1130. The van der Waals surface area contributed by atoms with Crippen LogP contribution >= 0.6 is 0 Å². The number of carboxylic acids is 1. The fourth-order valence-electron chi connectivity index (χ4n) is 4.69. The van der Waals surface area contributed by atoms with Crippen molar-refractivity contribution in [2.45, 2.75) is 58.3 Å². The Balaban J connectivity index is 2.15. The molecule has 0 saturated heterocycles. The maximum Gasteiger partial charge on any atom is 0.311 e. The minimum absolute atomic E-state index is 0.287. The van der Waals surface area contributed by atoms with Gasteiger partial charge in [-0.3, -0.25) is 9.59 Å². The molecule has 0 fully saturated rings. The summed E-state index contributed by atoms with van der Waals surface area (Å²) in [6.07, 6.45) is 5.42. The zero-order valence-electron chi connectivity index (χ0n) is 17.0. The maximum absolute atomic E-state index is 13.2. The highest BCUT2D eigenvalue weighted by atomic mass is 16.4. The number of hydrogen-bond donors (Lipinski definition) is 2. The third kappa shape index (κ3) is 3.48. The van der Waals surface area contributed by atoms with Gasteiger partial charge in [0.2, 0.25) is 0 Å². The number of aliphatic carboxylic acids is 1. The highest BCUT2D eigenvalue weighted by Crippen LogP contribution is 2.39. The highest BCUT2D eigenvalue weighted by molar-refractivity contribution is 6.00. The Morgan fingerprint density at radius 2 is 1.83 bits per heavy atom. The van der Waals surface area contributed by atoms with Crippen LogP contribution in [-0.2, 0) is 17.6 Å². The van der Waals surface area contributed by atoms with E-state index in [1.807, 2.05) is 44.2 Å². The number of hydrogen-bond acceptors (Lipinski definition) is 2. The molecular weight excluding hydrogens is 362 g/mol. The second-order valence-corrected chi connectivity index (χ2v) is 8.12. The first-order valence-electron chi connectivity index (χ1n) is 10.5. The highest BCUT2D eigenvalue weighted by Gasteiger charge is 2.29. The third-order valence-corrected chi connectivity index (χ3v) is 6.11. The van der Waals surface area contributed by atoms with Crippen molar-refractivity contribution in [3.8, 4) is 11.1 Å². The molecule has 0 amide bonds. The van der Waals surface area contributed by atoms with Gasteiger partial charge in [-0.15, -0.1) is 0 Å². The van der Waals surface area contributed by atoms with E-state index >= 15 is 0 Å². The summed E-state index contributed by atoms with van der Waals surface area (Å²) >= 11 is 0. The first-order chi connectivity index (χ1) is 14.0. The number of aromatic nitrogens is 1. The van der Waals surface area contributed by atoms with E-state index in [1.54, 1.807) is 0 Å². The molecule has 1 heterocycles. The number of carbonyl (C=O) groups is 1. The first-order valence-corrected chi connectivity index (χ1v) is 10.5. The molecule has 1 aliphatic rings. The molecule has 1 aliphatic carbocycles. The number of carboxylic acid groups (broad SMARTS) is 1. The van der Waals surface area contributed by atoms with Crippen LogP contribution in [0.2, 0.25) is 0 Å². The molecule has 4 heteroatoms. The van der Waals surface area contributed by atoms with Gasteiger partial charge in [-0.1, -0.05) is 49.2 Å². The van der Waals surface area contributed by atoms with Crippen LogP contribution in [0.5, 0.6) is 0 Å². The SMILES string of the molecule is CCCC(C(=O)O)c1c(-c2ccc(C)cc2)c2c3c(ccc2[nH]c1=O)CCCC3. The summed E-state index contributed by atoms with van der Waals surface area (Å²) in [6, 6.07) is 12.2. The number of nitrogens with one attached hydrogen (secondary N) is 1. The number of rotatable bonds is 5. The van der Waals surface area contributed by atoms with Crippen LogP contribution in [0, 0.1) is 6.92 Å². The van der Waals surface area contributed by atoms with Crippen LogP contribution in [0.1, 0.15) is 60.8 Å². The van der Waals surface area contributed by atoms with Gasteiger partial charge in [-0.2, -0.15) is 0 Å².